The number of nitrogens with zero attached hydrogens (tertiary/aromatic N) is 4. The van der Waals surface area contributed by atoms with E-state index >= 15 is 0 Å². The Morgan fingerprint density at radius 1 is 1.00 bits per heavy atom. The number of ether oxygens (including phenoxy) is 2. The summed E-state index contributed by atoms with van der Waals surface area (Å²) in [5.74, 6) is -0.468. The molecule has 242 valence electrons. The summed E-state index contributed by atoms with van der Waals surface area (Å²) in [7, 11) is 1.79. The van der Waals surface area contributed by atoms with Gasteiger partial charge in [-0.2, -0.15) is 0 Å². The number of aryl methyl sites for hydroxylation is 1. The first-order valence-electron chi connectivity index (χ1n) is 15.9. The van der Waals surface area contributed by atoms with Crippen LogP contribution < -0.4 is 9.64 Å². The van der Waals surface area contributed by atoms with E-state index in [4.69, 9.17) is 26.1 Å². The number of benzene rings is 2. The topological polar surface area (TPSA) is 78.4 Å². The first-order valence-corrected chi connectivity index (χ1v) is 16.3. The maximum Gasteiger partial charge on any atom is 0.335 e. The highest BCUT2D eigenvalue weighted by molar-refractivity contribution is 6.30. The molecule has 0 bridgehead atoms. The van der Waals surface area contributed by atoms with E-state index in [9.17, 15) is 14.3 Å². The van der Waals surface area contributed by atoms with Gasteiger partial charge in [0, 0.05) is 80.3 Å². The summed E-state index contributed by atoms with van der Waals surface area (Å²) in [6.07, 6.45) is 4.42. The van der Waals surface area contributed by atoms with E-state index in [1.165, 1.54) is 6.07 Å². The van der Waals surface area contributed by atoms with Crippen LogP contribution in [0.4, 0.5) is 10.1 Å². The second-order valence-electron chi connectivity index (χ2n) is 12.1. The summed E-state index contributed by atoms with van der Waals surface area (Å²) in [4.78, 5) is 23.9. The number of aromatic nitrogens is 1. The van der Waals surface area contributed by atoms with Gasteiger partial charge in [0.2, 0.25) is 5.88 Å². The minimum absolute atomic E-state index is 0.0919. The molecule has 8 nitrogen and oxygen atoms in total. The molecule has 0 atom stereocenters. The predicted octanol–water partition coefficient (Wildman–Crippen LogP) is 6.26. The Kier molecular flexibility index (Phi) is 11.7. The van der Waals surface area contributed by atoms with Gasteiger partial charge in [0.15, 0.2) is 0 Å². The quantitative estimate of drug-likeness (QED) is 0.235. The molecule has 2 aliphatic heterocycles. The van der Waals surface area contributed by atoms with Crippen LogP contribution in [0.25, 0.3) is 0 Å². The van der Waals surface area contributed by atoms with Crippen molar-refractivity contribution in [1.29, 1.82) is 0 Å². The molecule has 0 spiro atoms. The van der Waals surface area contributed by atoms with Gasteiger partial charge in [0.05, 0.1) is 11.7 Å². The average Bonchev–Trinajstić information content (AvgIpc) is 3.05. The van der Waals surface area contributed by atoms with E-state index in [2.05, 4.69) is 21.6 Å². The Morgan fingerprint density at radius 3 is 2.33 bits per heavy atom. The van der Waals surface area contributed by atoms with Gasteiger partial charge in [-0.05, 0) is 81.6 Å². The zero-order chi connectivity index (χ0) is 31.8. The number of carboxylic acids is 1. The van der Waals surface area contributed by atoms with E-state index in [0.29, 0.717) is 34.1 Å². The van der Waals surface area contributed by atoms with Crippen molar-refractivity contribution in [3.8, 4) is 5.88 Å². The molecule has 0 aliphatic carbocycles. The zero-order valence-corrected chi connectivity index (χ0v) is 27.0. The second kappa shape index (κ2) is 15.9. The number of likely N-dealkylation sites (tertiary alicyclic amines) is 2. The van der Waals surface area contributed by atoms with Crippen LogP contribution in [0.15, 0.2) is 54.6 Å². The van der Waals surface area contributed by atoms with Crippen molar-refractivity contribution in [3.05, 3.63) is 87.8 Å². The molecular formula is C35H44ClFN4O4. The van der Waals surface area contributed by atoms with Crippen molar-refractivity contribution < 1.29 is 23.8 Å². The second-order valence-corrected chi connectivity index (χ2v) is 12.5. The molecule has 3 aromatic rings. The number of pyridine rings is 1. The average molecular weight is 639 g/mol. The van der Waals surface area contributed by atoms with Crippen LogP contribution in [0.1, 0.15) is 58.8 Å². The van der Waals surface area contributed by atoms with E-state index in [-0.39, 0.29) is 12.4 Å². The number of carbonyl (C=O) groups is 1. The Labute approximate surface area is 270 Å². The van der Waals surface area contributed by atoms with E-state index in [1.807, 2.05) is 30.3 Å². The van der Waals surface area contributed by atoms with Gasteiger partial charge in [-0.25, -0.2) is 14.2 Å². The van der Waals surface area contributed by atoms with Crippen LogP contribution in [-0.4, -0.2) is 91.4 Å². The summed E-state index contributed by atoms with van der Waals surface area (Å²) < 4.78 is 25.5. The fourth-order valence-corrected chi connectivity index (χ4v) is 6.47. The molecule has 1 aromatic heterocycles. The minimum Gasteiger partial charge on any atom is -0.478 e. The van der Waals surface area contributed by atoms with Gasteiger partial charge in [-0.3, -0.25) is 0 Å². The highest BCUT2D eigenvalue weighted by Crippen LogP contribution is 2.29. The normalized spacial score (nSPS) is 17.0. The summed E-state index contributed by atoms with van der Waals surface area (Å²) in [6.45, 7) is 9.61. The van der Waals surface area contributed by atoms with Crippen molar-refractivity contribution in [2.75, 3.05) is 64.4 Å². The maximum atomic E-state index is 14.2. The van der Waals surface area contributed by atoms with Gasteiger partial charge in [-0.15, -0.1) is 0 Å². The fourth-order valence-electron chi connectivity index (χ4n) is 6.31. The van der Waals surface area contributed by atoms with Crippen LogP contribution in [-0.2, 0) is 11.3 Å². The maximum absolute atomic E-state index is 14.2. The van der Waals surface area contributed by atoms with Crippen LogP contribution in [0.5, 0.6) is 5.88 Å². The Balaban J connectivity index is 1.16. The highest BCUT2D eigenvalue weighted by Gasteiger charge is 2.24. The summed E-state index contributed by atoms with van der Waals surface area (Å²) in [6, 6.07) is 15.8. The number of aromatic carboxylic acids is 1. The largest absolute Gasteiger partial charge is 0.478 e. The van der Waals surface area contributed by atoms with E-state index in [1.54, 1.807) is 25.3 Å². The molecule has 10 heteroatoms. The third-order valence-electron chi connectivity index (χ3n) is 9.18. The lowest BCUT2D eigenvalue weighted by atomic mass is 9.93. The zero-order valence-electron chi connectivity index (χ0n) is 26.3. The summed E-state index contributed by atoms with van der Waals surface area (Å²) >= 11 is 5.86. The van der Waals surface area contributed by atoms with Crippen LogP contribution >= 0.6 is 11.6 Å². The molecule has 0 amide bonds. The molecule has 5 rings (SSSR count). The lowest BCUT2D eigenvalue weighted by molar-refractivity contribution is 0.0419. The number of methoxy groups -OCH3 is 1. The minimum atomic E-state index is -0.903. The number of hydrogen-bond acceptors (Lipinski definition) is 7. The van der Waals surface area contributed by atoms with E-state index < -0.39 is 5.97 Å². The molecule has 2 fully saturated rings. The number of carboxylic acid groups (broad SMARTS) is 1. The Bertz CT molecular complexity index is 1430. The first kappa shape index (κ1) is 33.1. The van der Waals surface area contributed by atoms with Crippen molar-refractivity contribution in [2.24, 2.45) is 0 Å². The summed E-state index contributed by atoms with van der Waals surface area (Å²) in [5.41, 5.74) is 3.84. The molecule has 0 saturated carbocycles. The number of hydrogen-bond donors (Lipinski definition) is 1. The number of piperidine rings is 2. The highest BCUT2D eigenvalue weighted by atomic mass is 35.5. The summed E-state index contributed by atoms with van der Waals surface area (Å²) in [5, 5.41) is 10.0. The van der Waals surface area contributed by atoms with E-state index in [0.717, 1.165) is 95.0 Å². The van der Waals surface area contributed by atoms with Crippen molar-refractivity contribution in [3.63, 3.8) is 0 Å². The van der Waals surface area contributed by atoms with Gasteiger partial charge in [0.1, 0.15) is 12.4 Å². The van der Waals surface area contributed by atoms with Gasteiger partial charge < -0.3 is 29.3 Å². The number of rotatable bonds is 13. The Hall–Kier alpha value is -3.24. The van der Waals surface area contributed by atoms with Crippen molar-refractivity contribution in [2.45, 2.75) is 51.2 Å². The SMILES string of the molecule is COC1CCN(CCN(CCN2CCC(c3cccc(OCc4ccc(Cl)cc4F)n3)CC2)c2cc(C(=O)O)ccc2C)CC1. The fraction of sp³-hybridized carbons (Fsp3) is 0.486. The standard InChI is InChI=1S/C35H44ClFN4O4/c1-25-6-7-27(35(42)43)22-33(25)41(21-19-40-16-12-30(44-2)13-17-40)20-18-39-14-10-26(11-15-39)32-4-3-5-34(38-32)45-24-28-8-9-29(36)23-31(28)37/h3-9,22-23,26,30H,10-21,24H2,1-2H3,(H,42,43). The van der Waals surface area contributed by atoms with Crippen LogP contribution in [0.2, 0.25) is 5.02 Å². The van der Waals surface area contributed by atoms with Crippen LogP contribution in [0.3, 0.4) is 0 Å². The molecule has 0 unspecified atom stereocenters. The third kappa shape index (κ3) is 9.16. The smallest absolute Gasteiger partial charge is 0.335 e. The molecule has 1 N–H and O–H groups in total. The first-order chi connectivity index (χ1) is 21.8. The molecule has 3 heterocycles. The van der Waals surface area contributed by atoms with Gasteiger partial charge >= 0.3 is 5.97 Å². The number of anilines is 1. The van der Waals surface area contributed by atoms with Gasteiger partial charge in [0.25, 0.3) is 0 Å². The number of halogens is 2. The van der Waals surface area contributed by atoms with Crippen LogP contribution in [0, 0.1) is 12.7 Å². The third-order valence-corrected chi connectivity index (χ3v) is 9.41. The molecule has 2 saturated heterocycles. The van der Waals surface area contributed by atoms with Gasteiger partial charge in [-0.1, -0.05) is 29.8 Å². The Morgan fingerprint density at radius 2 is 1.69 bits per heavy atom. The lowest BCUT2D eigenvalue weighted by Gasteiger charge is -2.36. The molecule has 2 aliphatic rings. The predicted molar refractivity (Wildman–Crippen MR) is 175 cm³/mol. The molecule has 2 aromatic carbocycles. The monoisotopic (exact) mass is 638 g/mol. The lowest BCUT2D eigenvalue weighted by Crippen LogP contribution is -2.44. The van der Waals surface area contributed by atoms with Crippen molar-refractivity contribution in [1.82, 2.24) is 14.8 Å². The molecule has 45 heavy (non-hydrogen) atoms. The molecule has 0 radical (unpaired) electrons. The van der Waals surface area contributed by atoms with Crippen molar-refractivity contribution >= 4 is 23.3 Å². The molecular weight excluding hydrogens is 595 g/mol.